The number of ether oxygens (including phenoxy) is 1. The molecule has 2 aromatic rings. The number of fused-ring (bicyclic) bond motifs is 1. The van der Waals surface area contributed by atoms with Gasteiger partial charge in [0.05, 0.1) is 18.5 Å². The Hall–Kier alpha value is -3.11. The molecule has 0 radical (unpaired) electrons. The zero-order chi connectivity index (χ0) is 22.5. The third-order valence-corrected chi connectivity index (χ3v) is 4.71. The van der Waals surface area contributed by atoms with Gasteiger partial charge in [0.15, 0.2) is 6.10 Å². The Labute approximate surface area is 181 Å². The zero-order valence-corrected chi connectivity index (χ0v) is 16.9. The lowest BCUT2D eigenvalue weighted by molar-refractivity contribution is -0.129. The standard InChI is InChI=1S/C20H19ClF2N4O4/c1-10(4-5-24-19(29)14-9-25-13(8-26-14)18(22)23)27-20(30)17-7-15(28)12-6-11(21)2-3-16(12)31-17/h2-3,6,8-9,15,17-18,28H,1,4-5,7H2,(H,24,29)(H,27,30). The molecule has 8 nitrogen and oxygen atoms in total. The smallest absolute Gasteiger partial charge is 0.281 e. The van der Waals surface area contributed by atoms with Crippen molar-refractivity contribution < 1.29 is 28.2 Å². The van der Waals surface area contributed by atoms with E-state index < -0.39 is 36.1 Å². The lowest BCUT2D eigenvalue weighted by Gasteiger charge is -2.29. The number of aromatic nitrogens is 2. The molecular formula is C20H19ClF2N4O4. The van der Waals surface area contributed by atoms with Crippen LogP contribution >= 0.6 is 11.6 Å². The van der Waals surface area contributed by atoms with Crippen molar-refractivity contribution in [2.75, 3.05) is 6.54 Å². The maximum atomic E-state index is 12.5. The number of carbonyl (C=O) groups excluding carboxylic acids is 2. The van der Waals surface area contributed by atoms with E-state index in [4.69, 9.17) is 16.3 Å². The first kappa shape index (κ1) is 22.6. The number of hydrogen-bond donors (Lipinski definition) is 3. The summed E-state index contributed by atoms with van der Waals surface area (Å²) in [7, 11) is 0. The monoisotopic (exact) mass is 452 g/mol. The highest BCUT2D eigenvalue weighted by Gasteiger charge is 2.32. The van der Waals surface area contributed by atoms with E-state index in [-0.39, 0.29) is 25.1 Å². The quantitative estimate of drug-likeness (QED) is 0.595. The number of benzene rings is 1. The molecule has 0 spiro atoms. The Morgan fingerprint density at radius 1 is 1.32 bits per heavy atom. The highest BCUT2D eigenvalue weighted by Crippen LogP contribution is 2.36. The Morgan fingerprint density at radius 2 is 2.10 bits per heavy atom. The predicted octanol–water partition coefficient (Wildman–Crippen LogP) is 2.70. The summed E-state index contributed by atoms with van der Waals surface area (Å²) < 4.78 is 30.6. The van der Waals surface area contributed by atoms with Gasteiger partial charge in [0.2, 0.25) is 0 Å². The van der Waals surface area contributed by atoms with Crippen LogP contribution in [0.4, 0.5) is 8.78 Å². The first-order chi connectivity index (χ1) is 14.7. The average Bonchev–Trinajstić information content (AvgIpc) is 2.74. The van der Waals surface area contributed by atoms with Gasteiger partial charge in [-0.1, -0.05) is 18.2 Å². The lowest BCUT2D eigenvalue weighted by atomic mass is 9.98. The Morgan fingerprint density at radius 3 is 2.77 bits per heavy atom. The van der Waals surface area contributed by atoms with Crippen LogP contribution in [0.5, 0.6) is 5.75 Å². The maximum absolute atomic E-state index is 12.5. The van der Waals surface area contributed by atoms with Gasteiger partial charge < -0.3 is 20.5 Å². The van der Waals surface area contributed by atoms with Gasteiger partial charge in [0.1, 0.15) is 17.1 Å². The molecule has 2 atom stereocenters. The van der Waals surface area contributed by atoms with Crippen LogP contribution in [-0.4, -0.2) is 39.5 Å². The van der Waals surface area contributed by atoms with E-state index in [1.807, 2.05) is 0 Å². The van der Waals surface area contributed by atoms with E-state index in [1.165, 1.54) is 0 Å². The summed E-state index contributed by atoms with van der Waals surface area (Å²) in [4.78, 5) is 31.5. The van der Waals surface area contributed by atoms with Gasteiger partial charge in [-0.2, -0.15) is 0 Å². The van der Waals surface area contributed by atoms with E-state index in [2.05, 4.69) is 27.2 Å². The molecule has 2 amide bonds. The van der Waals surface area contributed by atoms with Crippen molar-refractivity contribution in [3.05, 3.63) is 64.8 Å². The molecule has 31 heavy (non-hydrogen) atoms. The second kappa shape index (κ2) is 9.80. The first-order valence-corrected chi connectivity index (χ1v) is 9.63. The highest BCUT2D eigenvalue weighted by molar-refractivity contribution is 6.30. The van der Waals surface area contributed by atoms with Gasteiger partial charge in [-0.05, 0) is 18.2 Å². The van der Waals surface area contributed by atoms with Crippen LogP contribution in [0.25, 0.3) is 0 Å². The van der Waals surface area contributed by atoms with Crippen molar-refractivity contribution in [3.63, 3.8) is 0 Å². The second-order valence-electron chi connectivity index (χ2n) is 6.77. The fourth-order valence-corrected chi connectivity index (χ4v) is 3.06. The summed E-state index contributed by atoms with van der Waals surface area (Å²) in [6, 6.07) is 4.77. The molecular weight excluding hydrogens is 434 g/mol. The van der Waals surface area contributed by atoms with E-state index in [9.17, 15) is 23.5 Å². The van der Waals surface area contributed by atoms with Gasteiger partial charge >= 0.3 is 0 Å². The molecule has 0 aliphatic carbocycles. The Bertz CT molecular complexity index is 988. The van der Waals surface area contributed by atoms with Crippen molar-refractivity contribution in [2.24, 2.45) is 0 Å². The lowest BCUT2D eigenvalue weighted by Crippen LogP contribution is -2.41. The number of halogens is 3. The average molecular weight is 453 g/mol. The van der Waals surface area contributed by atoms with Crippen molar-refractivity contribution in [1.29, 1.82) is 0 Å². The molecule has 3 rings (SSSR count). The summed E-state index contributed by atoms with van der Waals surface area (Å²) >= 11 is 5.91. The molecule has 2 heterocycles. The van der Waals surface area contributed by atoms with Crippen LogP contribution in [0.15, 0.2) is 42.9 Å². The molecule has 1 aromatic heterocycles. The number of aliphatic hydroxyl groups excluding tert-OH is 1. The van der Waals surface area contributed by atoms with Crippen molar-refractivity contribution in [3.8, 4) is 5.75 Å². The van der Waals surface area contributed by atoms with Crippen molar-refractivity contribution >= 4 is 23.4 Å². The minimum Gasteiger partial charge on any atom is -0.480 e. The third kappa shape index (κ3) is 5.74. The normalized spacial score (nSPS) is 17.5. The summed E-state index contributed by atoms with van der Waals surface area (Å²) in [5.41, 5.74) is 0.211. The SMILES string of the molecule is C=C(CCNC(=O)c1cnc(C(F)F)cn1)NC(=O)C1CC(O)c2cc(Cl)ccc2O1. The minimum absolute atomic E-state index is 0.0521. The number of amides is 2. The molecule has 0 saturated heterocycles. The minimum atomic E-state index is -2.77. The van der Waals surface area contributed by atoms with Gasteiger partial charge in [0, 0.05) is 35.7 Å². The van der Waals surface area contributed by atoms with Gasteiger partial charge in [-0.15, -0.1) is 0 Å². The van der Waals surface area contributed by atoms with E-state index in [1.54, 1.807) is 18.2 Å². The summed E-state index contributed by atoms with van der Waals surface area (Å²) in [5, 5.41) is 15.8. The number of alkyl halides is 2. The fourth-order valence-electron chi connectivity index (χ4n) is 2.88. The van der Waals surface area contributed by atoms with Gasteiger partial charge in [0.25, 0.3) is 18.2 Å². The molecule has 0 saturated carbocycles. The maximum Gasteiger partial charge on any atom is 0.281 e. The number of nitrogens with zero attached hydrogens (tertiary/aromatic N) is 2. The fraction of sp³-hybridized carbons (Fsp3) is 0.300. The van der Waals surface area contributed by atoms with Crippen LogP contribution in [0.1, 0.15) is 47.1 Å². The number of carbonyl (C=O) groups is 2. The number of hydrogen-bond acceptors (Lipinski definition) is 6. The summed E-state index contributed by atoms with van der Waals surface area (Å²) in [6.45, 7) is 3.85. The summed E-state index contributed by atoms with van der Waals surface area (Å²) in [5.74, 6) is -0.703. The largest absolute Gasteiger partial charge is 0.480 e. The number of rotatable bonds is 7. The van der Waals surface area contributed by atoms with Crippen molar-refractivity contribution in [1.82, 2.24) is 20.6 Å². The third-order valence-electron chi connectivity index (χ3n) is 4.47. The Kier molecular flexibility index (Phi) is 7.13. The van der Waals surface area contributed by atoms with Gasteiger partial charge in [-0.3, -0.25) is 14.6 Å². The highest BCUT2D eigenvalue weighted by atomic mass is 35.5. The predicted molar refractivity (Wildman–Crippen MR) is 107 cm³/mol. The van der Waals surface area contributed by atoms with Crippen molar-refractivity contribution in [2.45, 2.75) is 31.5 Å². The van der Waals surface area contributed by atoms with Crippen LogP contribution in [0, 0.1) is 0 Å². The van der Waals surface area contributed by atoms with Crippen LogP contribution in [-0.2, 0) is 4.79 Å². The van der Waals surface area contributed by atoms with E-state index in [0.717, 1.165) is 12.4 Å². The number of aliphatic hydroxyl groups is 1. The molecule has 2 unspecified atom stereocenters. The van der Waals surface area contributed by atoms with Gasteiger partial charge in [-0.25, -0.2) is 13.8 Å². The molecule has 1 aliphatic heterocycles. The molecule has 0 bridgehead atoms. The second-order valence-corrected chi connectivity index (χ2v) is 7.20. The first-order valence-electron chi connectivity index (χ1n) is 9.25. The summed E-state index contributed by atoms with van der Waals surface area (Å²) in [6.07, 6.45) is -2.52. The molecule has 11 heteroatoms. The number of nitrogens with one attached hydrogen (secondary N) is 2. The molecule has 0 fully saturated rings. The molecule has 164 valence electrons. The molecule has 1 aromatic carbocycles. The zero-order valence-electron chi connectivity index (χ0n) is 16.1. The van der Waals surface area contributed by atoms with E-state index >= 15 is 0 Å². The molecule has 1 aliphatic rings. The Balaban J connectivity index is 1.46. The van der Waals surface area contributed by atoms with Crippen LogP contribution in [0.2, 0.25) is 5.02 Å². The molecule has 3 N–H and O–H groups in total. The van der Waals surface area contributed by atoms with E-state index in [0.29, 0.717) is 22.0 Å². The van der Waals surface area contributed by atoms with Crippen LogP contribution < -0.4 is 15.4 Å². The van der Waals surface area contributed by atoms with Crippen LogP contribution in [0.3, 0.4) is 0 Å². The topological polar surface area (TPSA) is 113 Å².